The monoisotopic (exact) mass is 391 g/mol. The van der Waals surface area contributed by atoms with Gasteiger partial charge in [-0.05, 0) is 67.3 Å². The minimum atomic E-state index is 0.562. The SMILES string of the molecule is Cc1cnc(Oc2ccc3ccccc3c2Br)c(Br)c1. The van der Waals surface area contributed by atoms with Gasteiger partial charge in [-0.15, -0.1) is 0 Å². The molecule has 2 nitrogen and oxygen atoms in total. The van der Waals surface area contributed by atoms with Gasteiger partial charge in [0, 0.05) is 6.20 Å². The van der Waals surface area contributed by atoms with E-state index in [4.69, 9.17) is 4.74 Å². The third-order valence-corrected chi connectivity index (χ3v) is 4.36. The molecule has 0 spiro atoms. The molecule has 0 bridgehead atoms. The summed E-state index contributed by atoms with van der Waals surface area (Å²) in [6.07, 6.45) is 1.79. The Morgan fingerprint density at radius 3 is 2.65 bits per heavy atom. The lowest BCUT2D eigenvalue weighted by atomic mass is 10.1. The average molecular weight is 393 g/mol. The van der Waals surface area contributed by atoms with Gasteiger partial charge in [0.2, 0.25) is 5.88 Å². The molecule has 0 atom stereocenters. The van der Waals surface area contributed by atoms with Crippen molar-refractivity contribution in [1.82, 2.24) is 4.98 Å². The Labute approximate surface area is 134 Å². The first-order valence-corrected chi connectivity index (χ1v) is 7.71. The highest BCUT2D eigenvalue weighted by Crippen LogP contribution is 2.37. The van der Waals surface area contributed by atoms with Crippen LogP contribution < -0.4 is 4.74 Å². The Kier molecular flexibility index (Phi) is 3.76. The zero-order valence-corrected chi connectivity index (χ0v) is 13.9. The number of benzene rings is 2. The van der Waals surface area contributed by atoms with Crippen LogP contribution in [-0.2, 0) is 0 Å². The van der Waals surface area contributed by atoms with E-state index in [0.29, 0.717) is 5.88 Å². The molecule has 1 heterocycles. The molecule has 0 aliphatic heterocycles. The van der Waals surface area contributed by atoms with Crippen molar-refractivity contribution in [3.63, 3.8) is 0 Å². The first-order valence-electron chi connectivity index (χ1n) is 6.12. The summed E-state index contributed by atoms with van der Waals surface area (Å²) in [6, 6.07) is 14.1. The van der Waals surface area contributed by atoms with E-state index in [1.54, 1.807) is 6.20 Å². The molecule has 4 heteroatoms. The number of nitrogens with zero attached hydrogens (tertiary/aromatic N) is 1. The summed E-state index contributed by atoms with van der Waals surface area (Å²) >= 11 is 7.09. The Morgan fingerprint density at radius 1 is 1.05 bits per heavy atom. The topological polar surface area (TPSA) is 22.1 Å². The second-order valence-electron chi connectivity index (χ2n) is 4.50. The fraction of sp³-hybridized carbons (Fsp3) is 0.0625. The highest BCUT2D eigenvalue weighted by atomic mass is 79.9. The molecule has 0 saturated carbocycles. The highest BCUT2D eigenvalue weighted by molar-refractivity contribution is 9.11. The van der Waals surface area contributed by atoms with Crippen molar-refractivity contribution in [2.75, 3.05) is 0 Å². The lowest BCUT2D eigenvalue weighted by molar-refractivity contribution is 0.457. The summed E-state index contributed by atoms with van der Waals surface area (Å²) in [5.41, 5.74) is 1.09. The lowest BCUT2D eigenvalue weighted by Crippen LogP contribution is -1.91. The molecule has 1 aromatic heterocycles. The van der Waals surface area contributed by atoms with Crippen LogP contribution in [0.3, 0.4) is 0 Å². The summed E-state index contributed by atoms with van der Waals surface area (Å²) in [4.78, 5) is 4.30. The maximum Gasteiger partial charge on any atom is 0.233 e. The van der Waals surface area contributed by atoms with Crippen molar-refractivity contribution < 1.29 is 4.74 Å². The quantitative estimate of drug-likeness (QED) is 0.544. The fourth-order valence-electron chi connectivity index (χ4n) is 1.99. The van der Waals surface area contributed by atoms with E-state index in [1.165, 1.54) is 5.39 Å². The molecule has 20 heavy (non-hydrogen) atoms. The normalized spacial score (nSPS) is 10.8. The minimum Gasteiger partial charge on any atom is -0.437 e. The van der Waals surface area contributed by atoms with Crippen LogP contribution in [0.25, 0.3) is 10.8 Å². The molecule has 0 unspecified atom stereocenters. The van der Waals surface area contributed by atoms with E-state index in [-0.39, 0.29) is 0 Å². The Morgan fingerprint density at radius 2 is 1.85 bits per heavy atom. The number of fused-ring (bicyclic) bond motifs is 1. The number of aryl methyl sites for hydroxylation is 1. The Balaban J connectivity index is 2.04. The summed E-state index contributed by atoms with van der Waals surface area (Å²) in [5, 5.41) is 2.29. The first-order chi connectivity index (χ1) is 9.65. The van der Waals surface area contributed by atoms with Crippen molar-refractivity contribution in [2.24, 2.45) is 0 Å². The van der Waals surface area contributed by atoms with Gasteiger partial charge in [-0.2, -0.15) is 0 Å². The molecule has 3 rings (SSSR count). The molecule has 0 fully saturated rings. The molecular weight excluding hydrogens is 382 g/mol. The molecule has 2 aromatic carbocycles. The summed E-state index contributed by atoms with van der Waals surface area (Å²) < 4.78 is 7.68. The lowest BCUT2D eigenvalue weighted by Gasteiger charge is -2.10. The van der Waals surface area contributed by atoms with Gasteiger partial charge in [0.05, 0.1) is 8.95 Å². The second-order valence-corrected chi connectivity index (χ2v) is 6.15. The predicted molar refractivity (Wildman–Crippen MR) is 88.4 cm³/mol. The second kappa shape index (κ2) is 5.54. The van der Waals surface area contributed by atoms with Gasteiger partial charge in [-0.1, -0.05) is 30.3 Å². The maximum absolute atomic E-state index is 5.90. The van der Waals surface area contributed by atoms with Crippen LogP contribution in [0.2, 0.25) is 0 Å². The van der Waals surface area contributed by atoms with Gasteiger partial charge >= 0.3 is 0 Å². The maximum atomic E-state index is 5.90. The van der Waals surface area contributed by atoms with Gasteiger partial charge in [0.15, 0.2) is 0 Å². The van der Waals surface area contributed by atoms with Crippen molar-refractivity contribution in [1.29, 1.82) is 0 Å². The number of hydrogen-bond donors (Lipinski definition) is 0. The van der Waals surface area contributed by atoms with E-state index < -0.39 is 0 Å². The van der Waals surface area contributed by atoms with Gasteiger partial charge in [0.1, 0.15) is 5.75 Å². The Bertz CT molecular complexity index is 787. The van der Waals surface area contributed by atoms with Crippen LogP contribution >= 0.6 is 31.9 Å². The number of hydrogen-bond acceptors (Lipinski definition) is 2. The minimum absolute atomic E-state index is 0.562. The predicted octanol–water partition coefficient (Wildman–Crippen LogP) is 5.86. The van der Waals surface area contributed by atoms with Crippen LogP contribution in [0.4, 0.5) is 0 Å². The molecule has 0 aliphatic carbocycles. The third kappa shape index (κ3) is 2.58. The van der Waals surface area contributed by atoms with E-state index in [9.17, 15) is 0 Å². The van der Waals surface area contributed by atoms with E-state index in [0.717, 1.165) is 25.6 Å². The summed E-state index contributed by atoms with van der Waals surface area (Å²) in [5.74, 6) is 1.31. The molecule has 3 aromatic rings. The standard InChI is InChI=1S/C16H11Br2NO/c1-10-8-13(17)16(19-9-10)20-14-7-6-11-4-2-3-5-12(11)15(14)18/h2-9H,1H3. The van der Waals surface area contributed by atoms with E-state index in [2.05, 4.69) is 49.0 Å². The molecule has 0 aliphatic rings. The average Bonchev–Trinajstić information content (AvgIpc) is 2.45. The number of aromatic nitrogens is 1. The Hall–Kier alpha value is -1.39. The van der Waals surface area contributed by atoms with Crippen molar-refractivity contribution >= 4 is 42.6 Å². The van der Waals surface area contributed by atoms with Gasteiger partial charge in [-0.25, -0.2) is 4.98 Å². The number of rotatable bonds is 2. The van der Waals surface area contributed by atoms with Crippen LogP contribution in [-0.4, -0.2) is 4.98 Å². The largest absolute Gasteiger partial charge is 0.437 e. The van der Waals surface area contributed by atoms with Crippen molar-refractivity contribution in [3.8, 4) is 11.6 Å². The van der Waals surface area contributed by atoms with Gasteiger partial charge in [0.25, 0.3) is 0 Å². The van der Waals surface area contributed by atoms with Crippen LogP contribution in [0.1, 0.15) is 5.56 Å². The highest BCUT2D eigenvalue weighted by Gasteiger charge is 2.10. The molecular formula is C16H11Br2NO. The van der Waals surface area contributed by atoms with Crippen LogP contribution in [0, 0.1) is 6.92 Å². The van der Waals surface area contributed by atoms with Gasteiger partial charge < -0.3 is 4.74 Å². The zero-order valence-electron chi connectivity index (χ0n) is 10.7. The van der Waals surface area contributed by atoms with Crippen molar-refractivity contribution in [2.45, 2.75) is 6.92 Å². The van der Waals surface area contributed by atoms with Crippen LogP contribution in [0.5, 0.6) is 11.6 Å². The fourth-order valence-corrected chi connectivity index (χ4v) is 3.11. The van der Waals surface area contributed by atoms with Crippen LogP contribution in [0.15, 0.2) is 57.6 Å². The first kappa shape index (κ1) is 13.6. The number of ether oxygens (including phenoxy) is 1. The summed E-state index contributed by atoms with van der Waals surface area (Å²) in [7, 11) is 0. The molecule has 0 amide bonds. The third-order valence-electron chi connectivity index (χ3n) is 2.98. The molecule has 100 valence electrons. The molecule has 0 saturated heterocycles. The number of pyridine rings is 1. The van der Waals surface area contributed by atoms with E-state index >= 15 is 0 Å². The smallest absolute Gasteiger partial charge is 0.233 e. The summed E-state index contributed by atoms with van der Waals surface area (Å²) in [6.45, 7) is 1.99. The molecule has 0 N–H and O–H groups in total. The molecule has 0 radical (unpaired) electrons. The number of halogens is 2. The zero-order chi connectivity index (χ0) is 14.1. The van der Waals surface area contributed by atoms with Gasteiger partial charge in [-0.3, -0.25) is 0 Å². The van der Waals surface area contributed by atoms with E-state index in [1.807, 2.05) is 37.3 Å². The van der Waals surface area contributed by atoms with Crippen molar-refractivity contribution in [3.05, 3.63) is 63.2 Å².